The SMILES string of the molecule is CCC(C1CCCc2cc(OC)ccc21)N(CC)CCc1ccco1. The number of benzene rings is 1. The number of ether oxygens (including phenoxy) is 1. The summed E-state index contributed by atoms with van der Waals surface area (Å²) in [6.07, 6.45) is 7.68. The molecular weight excluding hydrogens is 310 g/mol. The molecule has 2 aromatic rings. The lowest BCUT2D eigenvalue weighted by Crippen LogP contribution is -2.41. The highest BCUT2D eigenvalue weighted by Gasteiger charge is 2.30. The Labute approximate surface area is 152 Å². The van der Waals surface area contributed by atoms with E-state index in [1.165, 1.54) is 36.8 Å². The molecule has 1 aliphatic rings. The minimum atomic E-state index is 0.590. The monoisotopic (exact) mass is 341 g/mol. The highest BCUT2D eigenvalue weighted by Crippen LogP contribution is 2.38. The van der Waals surface area contributed by atoms with Gasteiger partial charge in [0, 0.05) is 19.0 Å². The smallest absolute Gasteiger partial charge is 0.119 e. The van der Waals surface area contributed by atoms with Crippen LogP contribution in [0.5, 0.6) is 5.75 Å². The zero-order valence-corrected chi connectivity index (χ0v) is 15.8. The van der Waals surface area contributed by atoms with Crippen molar-refractivity contribution in [2.24, 2.45) is 0 Å². The highest BCUT2D eigenvalue weighted by atomic mass is 16.5. The summed E-state index contributed by atoms with van der Waals surface area (Å²) in [7, 11) is 1.75. The molecule has 0 saturated carbocycles. The first-order chi connectivity index (χ1) is 12.3. The number of nitrogens with zero attached hydrogens (tertiary/aromatic N) is 1. The van der Waals surface area contributed by atoms with Crippen molar-refractivity contribution in [2.45, 2.75) is 57.9 Å². The molecule has 3 heteroatoms. The van der Waals surface area contributed by atoms with Gasteiger partial charge in [-0.15, -0.1) is 0 Å². The van der Waals surface area contributed by atoms with Gasteiger partial charge in [0.2, 0.25) is 0 Å². The van der Waals surface area contributed by atoms with Crippen LogP contribution in [0.15, 0.2) is 41.0 Å². The molecule has 0 amide bonds. The fraction of sp³-hybridized carbons (Fsp3) is 0.545. The minimum absolute atomic E-state index is 0.590. The van der Waals surface area contributed by atoms with E-state index < -0.39 is 0 Å². The van der Waals surface area contributed by atoms with Crippen molar-refractivity contribution >= 4 is 0 Å². The van der Waals surface area contributed by atoms with E-state index in [-0.39, 0.29) is 0 Å². The summed E-state index contributed by atoms with van der Waals surface area (Å²) in [6, 6.07) is 11.3. The minimum Gasteiger partial charge on any atom is -0.497 e. The Morgan fingerprint density at radius 1 is 1.28 bits per heavy atom. The van der Waals surface area contributed by atoms with Gasteiger partial charge in [-0.3, -0.25) is 4.90 Å². The van der Waals surface area contributed by atoms with E-state index in [9.17, 15) is 0 Å². The number of furan rings is 1. The van der Waals surface area contributed by atoms with Gasteiger partial charge >= 0.3 is 0 Å². The molecule has 3 rings (SSSR count). The van der Waals surface area contributed by atoms with Crippen molar-refractivity contribution < 1.29 is 9.15 Å². The first-order valence-electron chi connectivity index (χ1n) is 9.70. The Morgan fingerprint density at radius 2 is 2.16 bits per heavy atom. The number of methoxy groups -OCH3 is 1. The summed E-state index contributed by atoms with van der Waals surface area (Å²) in [5, 5.41) is 0. The van der Waals surface area contributed by atoms with Gasteiger partial charge in [0.1, 0.15) is 11.5 Å². The van der Waals surface area contributed by atoms with Gasteiger partial charge in [-0.1, -0.05) is 19.9 Å². The van der Waals surface area contributed by atoms with E-state index >= 15 is 0 Å². The average molecular weight is 341 g/mol. The van der Waals surface area contributed by atoms with Gasteiger partial charge < -0.3 is 9.15 Å². The molecule has 1 aliphatic carbocycles. The molecule has 0 fully saturated rings. The Bertz CT molecular complexity index is 650. The van der Waals surface area contributed by atoms with Crippen LogP contribution in [-0.2, 0) is 12.8 Å². The summed E-state index contributed by atoms with van der Waals surface area (Å²) in [5.41, 5.74) is 3.02. The molecule has 2 atom stereocenters. The second kappa shape index (κ2) is 8.57. The van der Waals surface area contributed by atoms with Gasteiger partial charge in [-0.2, -0.15) is 0 Å². The Kier molecular flexibility index (Phi) is 6.19. The third-order valence-electron chi connectivity index (χ3n) is 5.69. The predicted molar refractivity (Wildman–Crippen MR) is 102 cm³/mol. The van der Waals surface area contributed by atoms with Crippen molar-refractivity contribution in [1.82, 2.24) is 4.90 Å². The van der Waals surface area contributed by atoms with Crippen LogP contribution >= 0.6 is 0 Å². The van der Waals surface area contributed by atoms with Crippen LogP contribution in [-0.4, -0.2) is 31.1 Å². The third-order valence-corrected chi connectivity index (χ3v) is 5.69. The van der Waals surface area contributed by atoms with Crippen LogP contribution in [0.4, 0.5) is 0 Å². The van der Waals surface area contributed by atoms with Crippen LogP contribution in [0.25, 0.3) is 0 Å². The molecular formula is C22H31NO2. The standard InChI is InChI=1S/C22H31NO2/c1-4-22(23(5-2)14-13-18-9-7-15-25-18)21-10-6-8-17-16-19(24-3)11-12-20(17)21/h7,9,11-12,15-16,21-22H,4-6,8,10,13-14H2,1-3H3. The van der Waals surface area contributed by atoms with Gasteiger partial charge in [0.25, 0.3) is 0 Å². The second-order valence-corrected chi connectivity index (χ2v) is 7.00. The Hall–Kier alpha value is -1.74. The number of aryl methyl sites for hydroxylation is 1. The number of fused-ring (bicyclic) bond motifs is 1. The fourth-order valence-corrected chi connectivity index (χ4v) is 4.42. The molecule has 1 aromatic carbocycles. The molecule has 1 heterocycles. The van der Waals surface area contributed by atoms with Crippen molar-refractivity contribution in [3.05, 3.63) is 53.5 Å². The van der Waals surface area contributed by atoms with E-state index in [0.29, 0.717) is 12.0 Å². The Balaban J connectivity index is 1.77. The molecule has 0 N–H and O–H groups in total. The lowest BCUT2D eigenvalue weighted by Gasteiger charge is -2.39. The molecule has 136 valence electrons. The van der Waals surface area contributed by atoms with Gasteiger partial charge in [0.05, 0.1) is 13.4 Å². The first-order valence-corrected chi connectivity index (χ1v) is 9.70. The van der Waals surface area contributed by atoms with Crippen LogP contribution in [0.3, 0.4) is 0 Å². The maximum atomic E-state index is 5.53. The van der Waals surface area contributed by atoms with Crippen LogP contribution in [0, 0.1) is 0 Å². The summed E-state index contributed by atoms with van der Waals surface area (Å²) in [5.74, 6) is 2.69. The summed E-state index contributed by atoms with van der Waals surface area (Å²) in [4.78, 5) is 2.65. The lowest BCUT2D eigenvalue weighted by molar-refractivity contribution is 0.163. The zero-order chi connectivity index (χ0) is 17.6. The summed E-state index contributed by atoms with van der Waals surface area (Å²) in [6.45, 7) is 6.76. The van der Waals surface area contributed by atoms with E-state index in [1.807, 2.05) is 6.07 Å². The predicted octanol–water partition coefficient (Wildman–Crippen LogP) is 5.05. The number of hydrogen-bond acceptors (Lipinski definition) is 3. The molecule has 25 heavy (non-hydrogen) atoms. The highest BCUT2D eigenvalue weighted by molar-refractivity contribution is 5.40. The zero-order valence-electron chi connectivity index (χ0n) is 15.8. The first kappa shape index (κ1) is 18.1. The molecule has 3 nitrogen and oxygen atoms in total. The number of rotatable bonds is 8. The fourth-order valence-electron chi connectivity index (χ4n) is 4.42. The lowest BCUT2D eigenvalue weighted by atomic mass is 9.77. The molecule has 1 aromatic heterocycles. The quantitative estimate of drug-likeness (QED) is 0.672. The second-order valence-electron chi connectivity index (χ2n) is 7.00. The van der Waals surface area contributed by atoms with Crippen molar-refractivity contribution in [3.63, 3.8) is 0 Å². The molecule has 0 saturated heterocycles. The maximum absolute atomic E-state index is 5.53. The molecule has 0 aliphatic heterocycles. The van der Waals surface area contributed by atoms with E-state index in [2.05, 4.69) is 43.0 Å². The van der Waals surface area contributed by atoms with Crippen LogP contribution in [0.2, 0.25) is 0 Å². The van der Waals surface area contributed by atoms with E-state index in [4.69, 9.17) is 9.15 Å². The largest absolute Gasteiger partial charge is 0.497 e. The maximum Gasteiger partial charge on any atom is 0.119 e. The van der Waals surface area contributed by atoms with Crippen LogP contribution < -0.4 is 4.74 Å². The van der Waals surface area contributed by atoms with Crippen molar-refractivity contribution in [3.8, 4) is 5.75 Å². The number of hydrogen-bond donors (Lipinski definition) is 0. The summed E-state index contributed by atoms with van der Waals surface area (Å²) >= 11 is 0. The van der Waals surface area contributed by atoms with Crippen LogP contribution in [0.1, 0.15) is 55.9 Å². The van der Waals surface area contributed by atoms with Gasteiger partial charge in [0.15, 0.2) is 0 Å². The van der Waals surface area contributed by atoms with E-state index in [1.54, 1.807) is 13.4 Å². The molecule has 0 radical (unpaired) electrons. The molecule has 0 spiro atoms. The van der Waals surface area contributed by atoms with E-state index in [0.717, 1.165) is 31.0 Å². The summed E-state index contributed by atoms with van der Waals surface area (Å²) < 4.78 is 11.0. The third kappa shape index (κ3) is 4.09. The molecule has 0 bridgehead atoms. The number of likely N-dealkylation sites (N-methyl/N-ethyl adjacent to an activating group) is 1. The molecule has 2 unspecified atom stereocenters. The normalized spacial score (nSPS) is 18.2. The van der Waals surface area contributed by atoms with Gasteiger partial charge in [-0.05, 0) is 73.5 Å². The Morgan fingerprint density at radius 3 is 2.84 bits per heavy atom. The topological polar surface area (TPSA) is 25.6 Å². The van der Waals surface area contributed by atoms with Crippen molar-refractivity contribution in [1.29, 1.82) is 0 Å². The average Bonchev–Trinajstić information content (AvgIpc) is 3.18. The van der Waals surface area contributed by atoms with Gasteiger partial charge in [-0.25, -0.2) is 0 Å². The van der Waals surface area contributed by atoms with Crippen molar-refractivity contribution in [2.75, 3.05) is 20.2 Å².